The van der Waals surface area contributed by atoms with Crippen LogP contribution in [0.15, 0.2) is 54.6 Å². The highest BCUT2D eigenvalue weighted by molar-refractivity contribution is 6.42. The molecular weight excluding hydrogens is 371 g/mol. The molecule has 0 saturated carbocycles. The van der Waals surface area contributed by atoms with Gasteiger partial charge in [-0.25, -0.2) is 0 Å². The minimum Gasteiger partial charge on any atom is -0.336 e. The highest BCUT2D eigenvalue weighted by atomic mass is 35.5. The fraction of sp³-hybridized carbons (Fsp3) is 0.200. The van der Waals surface area contributed by atoms with Crippen molar-refractivity contribution in [2.75, 3.05) is 26.2 Å². The Balaban J connectivity index is 1.56. The second kappa shape index (κ2) is 8.39. The SMILES string of the molecule is O=C(/C=C/c1ccccc1)N1CCN(C(=O)c2ccc(Cl)c(Cl)c2)CC1. The van der Waals surface area contributed by atoms with E-state index in [1.165, 1.54) is 0 Å². The van der Waals surface area contributed by atoms with Crippen molar-refractivity contribution in [1.82, 2.24) is 9.80 Å². The van der Waals surface area contributed by atoms with Crippen LogP contribution in [0.4, 0.5) is 0 Å². The summed E-state index contributed by atoms with van der Waals surface area (Å²) in [6.07, 6.45) is 3.38. The lowest BCUT2D eigenvalue weighted by molar-refractivity contribution is -0.127. The van der Waals surface area contributed by atoms with E-state index in [0.717, 1.165) is 5.56 Å². The lowest BCUT2D eigenvalue weighted by Gasteiger charge is -2.34. The third-order valence-electron chi connectivity index (χ3n) is 4.26. The average molecular weight is 389 g/mol. The molecule has 0 aromatic heterocycles. The van der Waals surface area contributed by atoms with Crippen molar-refractivity contribution in [3.63, 3.8) is 0 Å². The third-order valence-corrected chi connectivity index (χ3v) is 5.00. The zero-order valence-electron chi connectivity index (χ0n) is 14.1. The fourth-order valence-electron chi connectivity index (χ4n) is 2.78. The van der Waals surface area contributed by atoms with Crippen LogP contribution >= 0.6 is 23.2 Å². The molecule has 2 aromatic rings. The monoisotopic (exact) mass is 388 g/mol. The van der Waals surface area contributed by atoms with Crippen molar-refractivity contribution < 1.29 is 9.59 Å². The Labute approximate surface area is 162 Å². The quantitative estimate of drug-likeness (QED) is 0.745. The van der Waals surface area contributed by atoms with E-state index < -0.39 is 0 Å². The van der Waals surface area contributed by atoms with Crippen LogP contribution in [0.2, 0.25) is 10.0 Å². The molecular formula is C20H18Cl2N2O2. The summed E-state index contributed by atoms with van der Waals surface area (Å²) in [5.74, 6) is -0.147. The van der Waals surface area contributed by atoms with Gasteiger partial charge in [-0.3, -0.25) is 9.59 Å². The summed E-state index contributed by atoms with van der Waals surface area (Å²) in [5.41, 5.74) is 1.48. The summed E-state index contributed by atoms with van der Waals surface area (Å²) in [6, 6.07) is 14.5. The molecule has 0 radical (unpaired) electrons. The third kappa shape index (κ3) is 4.45. The van der Waals surface area contributed by atoms with Gasteiger partial charge in [0.2, 0.25) is 5.91 Å². The van der Waals surface area contributed by atoms with E-state index in [2.05, 4.69) is 0 Å². The molecule has 26 heavy (non-hydrogen) atoms. The van der Waals surface area contributed by atoms with Gasteiger partial charge in [0.1, 0.15) is 0 Å². The van der Waals surface area contributed by atoms with Gasteiger partial charge in [0, 0.05) is 37.8 Å². The molecule has 2 aromatic carbocycles. The van der Waals surface area contributed by atoms with Crippen molar-refractivity contribution in [3.8, 4) is 0 Å². The van der Waals surface area contributed by atoms with Crippen LogP contribution in [-0.4, -0.2) is 47.8 Å². The molecule has 3 rings (SSSR count). The smallest absolute Gasteiger partial charge is 0.254 e. The van der Waals surface area contributed by atoms with E-state index in [9.17, 15) is 9.59 Å². The number of amides is 2. The van der Waals surface area contributed by atoms with E-state index in [1.54, 1.807) is 40.2 Å². The zero-order valence-corrected chi connectivity index (χ0v) is 15.6. The Kier molecular flexibility index (Phi) is 5.96. The van der Waals surface area contributed by atoms with Gasteiger partial charge in [0.25, 0.3) is 5.91 Å². The summed E-state index contributed by atoms with van der Waals surface area (Å²) >= 11 is 11.9. The highest BCUT2D eigenvalue weighted by Gasteiger charge is 2.24. The van der Waals surface area contributed by atoms with E-state index in [-0.39, 0.29) is 11.8 Å². The molecule has 4 nitrogen and oxygen atoms in total. The molecule has 0 bridgehead atoms. The second-order valence-electron chi connectivity index (χ2n) is 5.99. The maximum Gasteiger partial charge on any atom is 0.254 e. The first-order valence-corrected chi connectivity index (χ1v) is 9.06. The van der Waals surface area contributed by atoms with Crippen LogP contribution in [0.1, 0.15) is 15.9 Å². The summed E-state index contributed by atoms with van der Waals surface area (Å²) in [5, 5.41) is 0.779. The lowest BCUT2D eigenvalue weighted by Crippen LogP contribution is -2.50. The van der Waals surface area contributed by atoms with Crippen LogP contribution < -0.4 is 0 Å². The molecule has 134 valence electrons. The summed E-state index contributed by atoms with van der Waals surface area (Å²) in [6.45, 7) is 1.99. The Bertz CT molecular complexity index is 829. The number of carbonyl (C=O) groups is 2. The summed E-state index contributed by atoms with van der Waals surface area (Å²) < 4.78 is 0. The standard InChI is InChI=1S/C20H18Cl2N2O2/c21-17-8-7-16(14-18(17)22)20(26)24-12-10-23(11-13-24)19(25)9-6-15-4-2-1-3-5-15/h1-9,14H,10-13H2/b9-6+. The van der Waals surface area contributed by atoms with Crippen molar-refractivity contribution in [2.45, 2.75) is 0 Å². The van der Waals surface area contributed by atoms with Crippen LogP contribution in [0.5, 0.6) is 0 Å². The van der Waals surface area contributed by atoms with Crippen molar-refractivity contribution in [1.29, 1.82) is 0 Å². The number of carbonyl (C=O) groups excluding carboxylic acids is 2. The first-order chi connectivity index (χ1) is 12.5. The topological polar surface area (TPSA) is 40.6 Å². The molecule has 1 fully saturated rings. The van der Waals surface area contributed by atoms with Gasteiger partial charge in [-0.2, -0.15) is 0 Å². The molecule has 6 heteroatoms. The minimum absolute atomic E-state index is 0.0458. The lowest BCUT2D eigenvalue weighted by atomic mass is 10.1. The first kappa shape index (κ1) is 18.5. The van der Waals surface area contributed by atoms with Gasteiger partial charge >= 0.3 is 0 Å². The number of nitrogens with zero attached hydrogens (tertiary/aromatic N) is 2. The van der Waals surface area contributed by atoms with Gasteiger partial charge in [0.15, 0.2) is 0 Å². The van der Waals surface area contributed by atoms with Gasteiger partial charge in [-0.15, -0.1) is 0 Å². The average Bonchev–Trinajstić information content (AvgIpc) is 2.68. The fourth-order valence-corrected chi connectivity index (χ4v) is 3.08. The van der Waals surface area contributed by atoms with Crippen LogP contribution in [-0.2, 0) is 4.79 Å². The Morgan fingerprint density at radius 3 is 2.15 bits per heavy atom. The summed E-state index contributed by atoms with van der Waals surface area (Å²) in [4.78, 5) is 28.3. The Hall–Kier alpha value is -2.30. The maximum absolute atomic E-state index is 12.6. The highest BCUT2D eigenvalue weighted by Crippen LogP contribution is 2.23. The Morgan fingerprint density at radius 2 is 1.50 bits per heavy atom. The number of piperazine rings is 1. The molecule has 0 N–H and O–H groups in total. The van der Waals surface area contributed by atoms with Gasteiger partial charge < -0.3 is 9.80 Å². The van der Waals surface area contributed by atoms with Gasteiger partial charge in [-0.1, -0.05) is 53.5 Å². The van der Waals surface area contributed by atoms with Crippen molar-refractivity contribution in [2.24, 2.45) is 0 Å². The van der Waals surface area contributed by atoms with E-state index in [1.807, 2.05) is 30.3 Å². The largest absolute Gasteiger partial charge is 0.336 e. The van der Waals surface area contributed by atoms with Gasteiger partial charge in [0.05, 0.1) is 10.0 Å². The number of hydrogen-bond donors (Lipinski definition) is 0. The van der Waals surface area contributed by atoms with Gasteiger partial charge in [-0.05, 0) is 29.8 Å². The van der Waals surface area contributed by atoms with E-state index in [4.69, 9.17) is 23.2 Å². The summed E-state index contributed by atoms with van der Waals surface area (Å²) in [7, 11) is 0. The van der Waals surface area contributed by atoms with Crippen molar-refractivity contribution >= 4 is 41.1 Å². The number of rotatable bonds is 3. The molecule has 0 aliphatic carbocycles. The molecule has 1 saturated heterocycles. The Morgan fingerprint density at radius 1 is 0.846 bits per heavy atom. The molecule has 0 atom stereocenters. The van der Waals surface area contributed by atoms with Crippen LogP contribution in [0.25, 0.3) is 6.08 Å². The zero-order chi connectivity index (χ0) is 18.5. The van der Waals surface area contributed by atoms with E-state index in [0.29, 0.717) is 41.8 Å². The number of halogens is 2. The number of benzene rings is 2. The second-order valence-corrected chi connectivity index (χ2v) is 6.80. The molecule has 0 unspecified atom stereocenters. The van der Waals surface area contributed by atoms with Crippen LogP contribution in [0.3, 0.4) is 0 Å². The molecule has 1 aliphatic heterocycles. The maximum atomic E-state index is 12.6. The normalized spacial score (nSPS) is 14.7. The molecule has 0 spiro atoms. The predicted octanol–water partition coefficient (Wildman–Crippen LogP) is 3.99. The van der Waals surface area contributed by atoms with Crippen molar-refractivity contribution in [3.05, 3.63) is 75.8 Å². The molecule has 1 aliphatic rings. The molecule has 2 amide bonds. The number of hydrogen-bond acceptors (Lipinski definition) is 2. The molecule has 1 heterocycles. The predicted molar refractivity (Wildman–Crippen MR) is 104 cm³/mol. The van der Waals surface area contributed by atoms with E-state index >= 15 is 0 Å². The first-order valence-electron chi connectivity index (χ1n) is 8.31. The minimum atomic E-state index is -0.101. The van der Waals surface area contributed by atoms with Crippen LogP contribution in [0, 0.1) is 0 Å².